The Morgan fingerprint density at radius 3 is 1.38 bits per heavy atom. The van der Waals surface area contributed by atoms with Gasteiger partial charge in [-0.15, -0.1) is 0 Å². The molecule has 3 heterocycles. The van der Waals surface area contributed by atoms with Crippen LogP contribution >= 0.6 is 0 Å². The second kappa shape index (κ2) is 26.6. The number of ether oxygens (including phenoxy) is 4. The molecule has 10 aromatic carbocycles. The van der Waals surface area contributed by atoms with Gasteiger partial charge in [0.15, 0.2) is 5.82 Å². The first-order valence-corrected chi connectivity index (χ1v) is 31.6. The molecular weight excluding hydrogens is 1230 g/mol. The van der Waals surface area contributed by atoms with E-state index in [1.165, 1.54) is 72.9 Å². The first-order valence-electron chi connectivity index (χ1n) is 31.6. The maximum Gasteiger partial charge on any atom is 0.339 e. The highest BCUT2D eigenvalue weighted by atomic mass is 16.5. The van der Waals surface area contributed by atoms with E-state index in [2.05, 4.69) is 19.9 Å². The van der Waals surface area contributed by atoms with Crippen molar-refractivity contribution < 1.29 is 68.5 Å². The van der Waals surface area contributed by atoms with Crippen LogP contribution in [0.3, 0.4) is 0 Å². The van der Waals surface area contributed by atoms with Gasteiger partial charge in [-0.1, -0.05) is 94.4 Å². The zero-order valence-corrected chi connectivity index (χ0v) is 53.0. The van der Waals surface area contributed by atoms with E-state index in [1.807, 2.05) is 107 Å². The molecule has 0 amide bonds. The number of aliphatic imine (C=N–C) groups is 2. The summed E-state index contributed by atoms with van der Waals surface area (Å²) in [7, 11) is 0. The number of nitrogens with one attached hydrogen (secondary N) is 2. The number of aromatic amines is 2. The molecule has 0 fully saturated rings. The summed E-state index contributed by atoms with van der Waals surface area (Å²) in [6.07, 6.45) is 7.78. The predicted molar refractivity (Wildman–Crippen MR) is 372 cm³/mol. The molecule has 484 valence electrons. The Morgan fingerprint density at radius 2 is 0.887 bits per heavy atom. The number of carbonyl (C=O) groups excluding carboxylic acids is 2. The number of hydrogen-bond acceptors (Lipinski definition) is 12. The highest BCUT2D eigenvalue weighted by Crippen LogP contribution is 2.52. The van der Waals surface area contributed by atoms with E-state index >= 15 is 0 Å². The Kier molecular flexibility index (Phi) is 17.3. The molecule has 0 saturated heterocycles. The van der Waals surface area contributed by atoms with Crippen LogP contribution in [0.1, 0.15) is 130 Å². The highest BCUT2D eigenvalue weighted by molar-refractivity contribution is 6.40. The van der Waals surface area contributed by atoms with Crippen molar-refractivity contribution in [2.45, 2.75) is 78.1 Å². The lowest BCUT2D eigenvalue weighted by molar-refractivity contribution is -0.135. The van der Waals surface area contributed by atoms with E-state index in [4.69, 9.17) is 23.9 Å². The summed E-state index contributed by atoms with van der Waals surface area (Å²) in [4.78, 5) is 86.5. The zero-order chi connectivity index (χ0) is 67.8. The maximum atomic E-state index is 13.7. The fourth-order valence-electron chi connectivity index (χ4n) is 12.8. The van der Waals surface area contributed by atoms with Gasteiger partial charge >= 0.3 is 29.8 Å². The third kappa shape index (κ3) is 12.6. The van der Waals surface area contributed by atoms with E-state index in [1.54, 1.807) is 30.3 Å². The van der Waals surface area contributed by atoms with Crippen molar-refractivity contribution in [3.63, 3.8) is 0 Å². The van der Waals surface area contributed by atoms with Crippen LogP contribution in [0.2, 0.25) is 0 Å². The fourth-order valence-corrected chi connectivity index (χ4v) is 12.8. The number of rotatable bonds is 23. The maximum absolute atomic E-state index is 13.7. The molecule has 19 heteroatoms. The number of nitrogens with zero attached hydrogens (tertiary/aromatic N) is 3. The van der Waals surface area contributed by atoms with Crippen molar-refractivity contribution in [1.82, 2.24) is 15.0 Å². The standard InChI is InChI=1S/C78H63N5O14/c1-41(2)49-17-11-18-50(42(3)4)72(49)82-75(87)58-37-62(94-45-24-28-47(29-25-45)96-64(84)22-9-13-43-39-80-60-20-7-5-15-51(43)60)68-54-33-35-56(76(88)89)67-59(78(92)93)38-63(95-46-26-30-48(31-27-46)97-65(85)23-10-14-44-40-81-61-21-8-6-16-52(44)61)69(71(54)67)53-32-34-55(66(58)70(53)68)74(86)83-73-57(77(90)91)19-12-36-79-73/h5-8,11-12,15-21,24-42,80-81H,9-10,13-14,22-23H2,1-4H3,(H,82,87)(H,88,89)(H,90,91)(H,92,93)(H,79,83,86). The third-order valence-electron chi connectivity index (χ3n) is 17.3. The van der Waals surface area contributed by atoms with Gasteiger partial charge in [-0.25, -0.2) is 24.4 Å². The fraction of sp³-hybridized carbons (Fsp3) is 0.154. The van der Waals surface area contributed by atoms with Gasteiger partial charge in [-0.3, -0.25) is 9.59 Å². The third-order valence-corrected chi connectivity index (χ3v) is 17.3. The molecule has 0 aliphatic carbocycles. The summed E-state index contributed by atoms with van der Waals surface area (Å²) >= 11 is 0. The lowest BCUT2D eigenvalue weighted by atomic mass is 9.83. The van der Waals surface area contributed by atoms with Gasteiger partial charge in [-0.05, 0) is 168 Å². The number of carbonyl (C=O) groups is 5. The van der Waals surface area contributed by atoms with Crippen LogP contribution in [0.25, 0.3) is 64.9 Å². The van der Waals surface area contributed by atoms with Gasteiger partial charge in [-0.2, -0.15) is 4.99 Å². The Labute approximate surface area is 553 Å². The number of aryl methyl sites for hydroxylation is 2. The van der Waals surface area contributed by atoms with Gasteiger partial charge in [0.25, 0.3) is 0 Å². The zero-order valence-electron chi connectivity index (χ0n) is 53.0. The van der Waals surface area contributed by atoms with Gasteiger partial charge in [0.2, 0.25) is 11.8 Å². The van der Waals surface area contributed by atoms with Crippen LogP contribution in [0.5, 0.6) is 34.5 Å². The predicted octanol–water partition coefficient (Wildman–Crippen LogP) is 18.1. The molecule has 0 spiro atoms. The van der Waals surface area contributed by atoms with E-state index in [0.29, 0.717) is 31.4 Å². The number of hydrogen-bond donors (Lipinski definition) is 7. The Balaban J connectivity index is 0.982. The van der Waals surface area contributed by atoms with Crippen molar-refractivity contribution in [1.29, 1.82) is 0 Å². The van der Waals surface area contributed by atoms with Crippen LogP contribution < -0.4 is 18.9 Å². The highest BCUT2D eigenvalue weighted by Gasteiger charge is 2.31. The molecule has 0 unspecified atom stereocenters. The summed E-state index contributed by atoms with van der Waals surface area (Å²) in [5.74, 6) is -6.32. The molecule has 3 aromatic heterocycles. The number of fused-ring (bicyclic) bond motifs is 4. The Morgan fingerprint density at radius 1 is 0.433 bits per heavy atom. The molecule has 19 nitrogen and oxygen atoms in total. The number of aliphatic hydroxyl groups is 2. The lowest BCUT2D eigenvalue weighted by Gasteiger charge is -2.23. The van der Waals surface area contributed by atoms with Crippen LogP contribution in [0.4, 0.5) is 11.5 Å². The molecule has 0 radical (unpaired) electrons. The topological polar surface area (TPSA) is 293 Å². The first-order chi connectivity index (χ1) is 46.9. The average molecular weight is 1290 g/mol. The largest absolute Gasteiger partial charge is 0.493 e. The number of esters is 2. The molecule has 0 aliphatic heterocycles. The number of aliphatic hydroxyl groups excluding tert-OH is 2. The summed E-state index contributed by atoms with van der Waals surface area (Å²) in [5, 5.41) is 61.2. The van der Waals surface area contributed by atoms with Gasteiger partial charge < -0.3 is 54.4 Å². The van der Waals surface area contributed by atoms with Gasteiger partial charge in [0, 0.05) is 96.7 Å². The molecule has 13 rings (SSSR count). The quantitative estimate of drug-likeness (QED) is 0.00782. The number of carboxylic acids is 3. The van der Waals surface area contributed by atoms with Gasteiger partial charge in [0.1, 0.15) is 40.1 Å². The van der Waals surface area contributed by atoms with Crippen LogP contribution in [0.15, 0.2) is 192 Å². The molecule has 0 saturated carbocycles. The number of para-hydroxylation sites is 3. The van der Waals surface area contributed by atoms with E-state index in [0.717, 1.165) is 44.1 Å². The Hall–Kier alpha value is -12.4. The number of benzene rings is 10. The van der Waals surface area contributed by atoms with Crippen molar-refractivity contribution in [3.8, 4) is 34.5 Å². The second-order valence-corrected chi connectivity index (χ2v) is 24.2. The van der Waals surface area contributed by atoms with E-state index in [-0.39, 0.29) is 130 Å². The number of aromatic nitrogens is 3. The number of H-pyrrole nitrogens is 2. The molecule has 13 aromatic rings. The van der Waals surface area contributed by atoms with Crippen LogP contribution in [-0.4, -0.2) is 82.1 Å². The molecule has 0 bridgehead atoms. The van der Waals surface area contributed by atoms with Crippen molar-refractivity contribution in [3.05, 3.63) is 232 Å². The van der Waals surface area contributed by atoms with Crippen molar-refractivity contribution >= 4 is 118 Å². The normalized spacial score (nSPS) is 12.1. The summed E-state index contributed by atoms with van der Waals surface area (Å²) < 4.78 is 25.2. The van der Waals surface area contributed by atoms with Crippen molar-refractivity contribution in [2.24, 2.45) is 9.98 Å². The number of pyridine rings is 1. The molecule has 7 N–H and O–H groups in total. The van der Waals surface area contributed by atoms with Crippen molar-refractivity contribution in [2.75, 3.05) is 0 Å². The van der Waals surface area contributed by atoms with Crippen LogP contribution in [0, 0.1) is 0 Å². The average Bonchev–Trinajstić information content (AvgIpc) is 0.800. The Bertz CT molecular complexity index is 5330. The molecule has 97 heavy (non-hydrogen) atoms. The second-order valence-electron chi connectivity index (χ2n) is 24.2. The SMILES string of the molecule is CC(C)c1cccc(C(C)C)c1N=C(O)c1cc(Oc2ccc(OC(=O)CCCc3c[nH]c4ccccc34)cc2)c2c3ccc(C(=O)O)c4c(C(=O)O)cc(Oc5ccc(OC(=O)CCCc6c[nH]c7ccccc67)cc5)c(c5ccc(C(O)=Nc6ncccc6C(=O)O)c1c52)c43. The monoisotopic (exact) mass is 1290 g/mol. The van der Waals surface area contributed by atoms with E-state index in [9.17, 15) is 49.5 Å². The van der Waals surface area contributed by atoms with Crippen LogP contribution in [-0.2, 0) is 22.4 Å². The minimum atomic E-state index is -1.49. The summed E-state index contributed by atoms with van der Waals surface area (Å²) in [5.41, 5.74) is 5.03. The summed E-state index contributed by atoms with van der Waals surface area (Å²) in [6.45, 7) is 8.00. The summed E-state index contributed by atoms with van der Waals surface area (Å²) in [6, 6.07) is 45.2. The number of carboxylic acid groups (broad SMARTS) is 3. The minimum Gasteiger partial charge on any atom is -0.493 e. The molecular formula is C78H63N5O14. The minimum absolute atomic E-state index is 0.0153. The smallest absolute Gasteiger partial charge is 0.339 e. The molecule has 0 atom stereocenters. The molecule has 0 aliphatic rings. The number of aromatic carboxylic acids is 3. The van der Waals surface area contributed by atoms with Gasteiger partial charge in [0.05, 0.1) is 16.8 Å². The van der Waals surface area contributed by atoms with E-state index < -0.39 is 47.2 Å². The first kappa shape index (κ1) is 63.4. The lowest BCUT2D eigenvalue weighted by Crippen LogP contribution is -2.10.